The van der Waals surface area contributed by atoms with Gasteiger partial charge in [-0.3, -0.25) is 0 Å². The van der Waals surface area contributed by atoms with Crippen molar-refractivity contribution in [3.8, 4) is 0 Å². The molecule has 0 aliphatic carbocycles. The Morgan fingerprint density at radius 3 is 2.74 bits per heavy atom. The van der Waals surface area contributed by atoms with Crippen LogP contribution < -0.4 is 5.32 Å². The van der Waals surface area contributed by atoms with Gasteiger partial charge in [0.1, 0.15) is 5.82 Å². The topological polar surface area (TPSA) is 12.0 Å². The monoisotopic (exact) mass is 277 g/mol. The van der Waals surface area contributed by atoms with Gasteiger partial charge in [0.15, 0.2) is 0 Å². The van der Waals surface area contributed by atoms with Gasteiger partial charge in [-0.1, -0.05) is 31.2 Å². The molecule has 0 aliphatic rings. The smallest absolute Gasteiger partial charge is 0.126 e. The van der Waals surface area contributed by atoms with Crippen molar-refractivity contribution in [1.82, 2.24) is 5.32 Å². The number of rotatable bonds is 7. The molecule has 0 aliphatic heterocycles. The lowest BCUT2D eigenvalue weighted by molar-refractivity contribution is 0.524. The van der Waals surface area contributed by atoms with Crippen LogP contribution in [-0.4, -0.2) is 13.1 Å². The van der Waals surface area contributed by atoms with E-state index >= 15 is 0 Å². The Kier molecular flexibility index (Phi) is 5.55. The molecule has 1 unspecified atom stereocenters. The van der Waals surface area contributed by atoms with Gasteiger partial charge in [0.05, 0.1) is 0 Å². The van der Waals surface area contributed by atoms with Crippen molar-refractivity contribution in [3.63, 3.8) is 0 Å². The van der Waals surface area contributed by atoms with Crippen molar-refractivity contribution in [1.29, 1.82) is 0 Å². The van der Waals surface area contributed by atoms with Crippen LogP contribution in [0, 0.1) is 5.82 Å². The molecule has 1 atom stereocenters. The van der Waals surface area contributed by atoms with Crippen molar-refractivity contribution in [2.75, 3.05) is 13.1 Å². The maximum Gasteiger partial charge on any atom is 0.126 e. The molecule has 0 amide bonds. The third-order valence-corrected chi connectivity index (χ3v) is 4.24. The van der Waals surface area contributed by atoms with Crippen LogP contribution >= 0.6 is 11.3 Å². The largest absolute Gasteiger partial charge is 0.316 e. The van der Waals surface area contributed by atoms with Crippen molar-refractivity contribution < 1.29 is 4.39 Å². The summed E-state index contributed by atoms with van der Waals surface area (Å²) in [5.41, 5.74) is 0.833. The quantitative estimate of drug-likeness (QED) is 0.799. The van der Waals surface area contributed by atoms with Crippen molar-refractivity contribution in [2.24, 2.45) is 0 Å². The van der Waals surface area contributed by atoms with E-state index in [0.717, 1.165) is 31.5 Å². The summed E-state index contributed by atoms with van der Waals surface area (Å²) in [7, 11) is 0. The number of nitrogens with one attached hydrogen (secondary N) is 1. The van der Waals surface area contributed by atoms with Crippen LogP contribution in [0.3, 0.4) is 0 Å². The van der Waals surface area contributed by atoms with Gasteiger partial charge in [-0.25, -0.2) is 4.39 Å². The zero-order chi connectivity index (χ0) is 13.5. The first-order valence-electron chi connectivity index (χ1n) is 6.78. The molecule has 0 radical (unpaired) electrons. The normalized spacial score (nSPS) is 12.5. The van der Waals surface area contributed by atoms with E-state index in [-0.39, 0.29) is 11.7 Å². The number of thiophene rings is 1. The number of likely N-dealkylation sites (N-methyl/N-ethyl adjacent to an activating group) is 1. The molecule has 0 fully saturated rings. The van der Waals surface area contributed by atoms with Gasteiger partial charge in [-0.05, 0) is 48.4 Å². The van der Waals surface area contributed by atoms with Crippen LogP contribution in [0.25, 0.3) is 0 Å². The molecule has 19 heavy (non-hydrogen) atoms. The summed E-state index contributed by atoms with van der Waals surface area (Å²) in [6.07, 6.45) is 2.00. The van der Waals surface area contributed by atoms with Crippen LogP contribution in [0.2, 0.25) is 0 Å². The van der Waals surface area contributed by atoms with E-state index in [1.807, 2.05) is 12.1 Å². The second-order valence-corrected chi connectivity index (χ2v) is 5.68. The van der Waals surface area contributed by atoms with Crippen LogP contribution in [0.5, 0.6) is 0 Å². The summed E-state index contributed by atoms with van der Waals surface area (Å²) in [4.78, 5) is 1.37. The molecule has 0 spiro atoms. The summed E-state index contributed by atoms with van der Waals surface area (Å²) in [6.45, 7) is 3.84. The fraction of sp³-hybridized carbons (Fsp3) is 0.375. The molecule has 1 aromatic heterocycles. The van der Waals surface area contributed by atoms with Gasteiger partial charge >= 0.3 is 0 Å². The lowest BCUT2D eigenvalue weighted by Gasteiger charge is -2.18. The lowest BCUT2D eigenvalue weighted by Crippen LogP contribution is -2.22. The average molecular weight is 277 g/mol. The SMILES string of the molecule is CCNCC(CCc1cccs1)c1ccccc1F. The third kappa shape index (κ3) is 4.15. The van der Waals surface area contributed by atoms with Gasteiger partial charge in [-0.15, -0.1) is 11.3 Å². The second kappa shape index (κ2) is 7.41. The average Bonchev–Trinajstić information content (AvgIpc) is 2.93. The zero-order valence-corrected chi connectivity index (χ0v) is 12.0. The standard InChI is InChI=1S/C16H20FNS/c1-2-18-12-13(9-10-14-6-5-11-19-14)15-7-3-4-8-16(15)17/h3-8,11,13,18H,2,9-10,12H2,1H3. The first-order chi connectivity index (χ1) is 9.31. The van der Waals surface area contributed by atoms with Gasteiger partial charge < -0.3 is 5.32 Å². The number of benzene rings is 1. The van der Waals surface area contributed by atoms with Crippen molar-refractivity contribution >= 4 is 11.3 Å². The molecule has 1 aromatic carbocycles. The minimum Gasteiger partial charge on any atom is -0.316 e. The third-order valence-electron chi connectivity index (χ3n) is 3.31. The highest BCUT2D eigenvalue weighted by Gasteiger charge is 2.15. The van der Waals surface area contributed by atoms with E-state index in [0.29, 0.717) is 0 Å². The molecule has 1 heterocycles. The lowest BCUT2D eigenvalue weighted by atomic mass is 9.93. The first-order valence-corrected chi connectivity index (χ1v) is 7.66. The Morgan fingerprint density at radius 2 is 2.05 bits per heavy atom. The van der Waals surface area contributed by atoms with Gasteiger partial charge in [0.25, 0.3) is 0 Å². The van der Waals surface area contributed by atoms with E-state index < -0.39 is 0 Å². The number of hydrogen-bond acceptors (Lipinski definition) is 2. The van der Waals surface area contributed by atoms with Crippen LogP contribution in [0.15, 0.2) is 41.8 Å². The van der Waals surface area contributed by atoms with E-state index in [1.54, 1.807) is 23.5 Å². The minimum atomic E-state index is -0.0865. The highest BCUT2D eigenvalue weighted by molar-refractivity contribution is 7.09. The fourth-order valence-corrected chi connectivity index (χ4v) is 2.99. The molecule has 0 bridgehead atoms. The van der Waals surface area contributed by atoms with Gasteiger partial charge in [0.2, 0.25) is 0 Å². The number of hydrogen-bond donors (Lipinski definition) is 1. The summed E-state index contributed by atoms with van der Waals surface area (Å²) in [5.74, 6) is 0.153. The molecule has 0 saturated heterocycles. The Morgan fingerprint density at radius 1 is 1.21 bits per heavy atom. The molecule has 1 N–H and O–H groups in total. The molecular weight excluding hydrogens is 257 g/mol. The molecular formula is C16H20FNS. The van der Waals surface area contributed by atoms with Crippen molar-refractivity contribution in [3.05, 3.63) is 58.0 Å². The van der Waals surface area contributed by atoms with E-state index in [4.69, 9.17) is 0 Å². The highest BCUT2D eigenvalue weighted by Crippen LogP contribution is 2.25. The minimum absolute atomic E-state index is 0.0865. The zero-order valence-electron chi connectivity index (χ0n) is 11.2. The van der Waals surface area contributed by atoms with Crippen molar-refractivity contribution in [2.45, 2.75) is 25.7 Å². The highest BCUT2D eigenvalue weighted by atomic mass is 32.1. The summed E-state index contributed by atoms with van der Waals surface area (Å²) in [6, 6.07) is 11.4. The Balaban J connectivity index is 2.05. The van der Waals surface area contributed by atoms with Gasteiger partial charge in [-0.2, -0.15) is 0 Å². The maximum absolute atomic E-state index is 13.9. The predicted molar refractivity (Wildman–Crippen MR) is 80.3 cm³/mol. The fourth-order valence-electron chi connectivity index (χ4n) is 2.26. The first kappa shape index (κ1) is 14.2. The predicted octanol–water partition coefficient (Wildman–Crippen LogP) is 4.21. The molecule has 0 saturated carbocycles. The van der Waals surface area contributed by atoms with Gasteiger partial charge in [0, 0.05) is 11.4 Å². The summed E-state index contributed by atoms with van der Waals surface area (Å²) in [5, 5.41) is 5.44. The second-order valence-electron chi connectivity index (χ2n) is 4.64. The maximum atomic E-state index is 13.9. The Hall–Kier alpha value is -1.19. The number of aryl methyl sites for hydroxylation is 1. The van der Waals surface area contributed by atoms with Crippen LogP contribution in [0.1, 0.15) is 29.7 Å². The summed E-state index contributed by atoms with van der Waals surface area (Å²) >= 11 is 1.77. The van der Waals surface area contributed by atoms with E-state index in [2.05, 4.69) is 29.8 Å². The van der Waals surface area contributed by atoms with E-state index in [9.17, 15) is 4.39 Å². The van der Waals surface area contributed by atoms with E-state index in [1.165, 1.54) is 4.88 Å². The number of halogens is 1. The molecule has 102 valence electrons. The molecule has 3 heteroatoms. The molecule has 2 aromatic rings. The molecule has 1 nitrogen and oxygen atoms in total. The summed E-state index contributed by atoms with van der Waals surface area (Å²) < 4.78 is 13.9. The molecule has 2 rings (SSSR count). The Bertz CT molecular complexity index is 481. The van der Waals surface area contributed by atoms with Crippen LogP contribution in [0.4, 0.5) is 4.39 Å². The van der Waals surface area contributed by atoms with Crippen LogP contribution in [-0.2, 0) is 6.42 Å². The Labute approximate surface area is 118 Å².